The third-order valence-corrected chi connectivity index (χ3v) is 4.51. The Balaban J connectivity index is 1.80. The van der Waals surface area contributed by atoms with Crippen LogP contribution >= 0.6 is 11.6 Å². The number of halogens is 4. The number of likely N-dealkylation sites (tertiary alicyclic amines) is 1. The van der Waals surface area contributed by atoms with Crippen LogP contribution in [-0.2, 0) is 6.18 Å². The molecule has 138 valence electrons. The summed E-state index contributed by atoms with van der Waals surface area (Å²) in [7, 11) is 0. The zero-order chi connectivity index (χ0) is 18.7. The second-order valence-electron chi connectivity index (χ2n) is 6.10. The number of nitrogens with zero attached hydrogens (tertiary/aromatic N) is 2. The molecule has 0 saturated carbocycles. The molecule has 3 rings (SSSR count). The molecule has 0 unspecified atom stereocenters. The van der Waals surface area contributed by atoms with Gasteiger partial charge in [0.15, 0.2) is 0 Å². The van der Waals surface area contributed by atoms with E-state index in [1.54, 1.807) is 17.0 Å². The Morgan fingerprint density at radius 2 is 1.77 bits per heavy atom. The molecule has 0 atom stereocenters. The van der Waals surface area contributed by atoms with E-state index in [-0.39, 0.29) is 22.3 Å². The number of aromatic nitrogens is 1. The number of benzene rings is 1. The van der Waals surface area contributed by atoms with Gasteiger partial charge >= 0.3 is 6.18 Å². The maximum absolute atomic E-state index is 13.0. The SMILES string of the molecule is O=C(c1cc(Nc2ccc(Cl)c(C(F)(F)F)c2)ccn1)N1CCCCC1. The Morgan fingerprint density at radius 1 is 1.08 bits per heavy atom. The van der Waals surface area contributed by atoms with E-state index in [1.165, 1.54) is 18.3 Å². The normalized spacial score (nSPS) is 15.0. The highest BCUT2D eigenvalue weighted by atomic mass is 35.5. The monoisotopic (exact) mass is 383 g/mol. The average Bonchev–Trinajstić information content (AvgIpc) is 2.63. The van der Waals surface area contributed by atoms with Crippen molar-refractivity contribution in [2.75, 3.05) is 18.4 Å². The number of alkyl halides is 3. The lowest BCUT2D eigenvalue weighted by Crippen LogP contribution is -2.36. The Labute approximate surface area is 154 Å². The molecule has 4 nitrogen and oxygen atoms in total. The summed E-state index contributed by atoms with van der Waals surface area (Å²) in [4.78, 5) is 18.3. The molecule has 1 aromatic heterocycles. The molecule has 26 heavy (non-hydrogen) atoms. The number of anilines is 2. The molecule has 2 heterocycles. The highest BCUT2D eigenvalue weighted by molar-refractivity contribution is 6.31. The van der Waals surface area contributed by atoms with Crippen molar-refractivity contribution < 1.29 is 18.0 Å². The van der Waals surface area contributed by atoms with E-state index in [2.05, 4.69) is 10.3 Å². The van der Waals surface area contributed by atoms with Gasteiger partial charge in [-0.1, -0.05) is 11.6 Å². The summed E-state index contributed by atoms with van der Waals surface area (Å²) in [6, 6.07) is 6.71. The highest BCUT2D eigenvalue weighted by Gasteiger charge is 2.33. The lowest BCUT2D eigenvalue weighted by Gasteiger charge is -2.26. The second kappa shape index (κ2) is 7.53. The molecule has 8 heteroatoms. The van der Waals surface area contributed by atoms with Crippen molar-refractivity contribution in [3.63, 3.8) is 0 Å². The highest BCUT2D eigenvalue weighted by Crippen LogP contribution is 2.36. The van der Waals surface area contributed by atoms with Crippen LogP contribution in [0, 0.1) is 0 Å². The Bertz CT molecular complexity index is 805. The Morgan fingerprint density at radius 3 is 2.46 bits per heavy atom. The van der Waals surface area contributed by atoms with Crippen LogP contribution in [-0.4, -0.2) is 28.9 Å². The van der Waals surface area contributed by atoms with Gasteiger partial charge in [0, 0.05) is 30.7 Å². The van der Waals surface area contributed by atoms with Crippen LogP contribution in [0.3, 0.4) is 0 Å². The van der Waals surface area contributed by atoms with Crippen LogP contribution in [0.25, 0.3) is 0 Å². The van der Waals surface area contributed by atoms with Gasteiger partial charge in [0.2, 0.25) is 0 Å². The van der Waals surface area contributed by atoms with Crippen molar-refractivity contribution in [2.24, 2.45) is 0 Å². The lowest BCUT2D eigenvalue weighted by molar-refractivity contribution is -0.137. The van der Waals surface area contributed by atoms with Crippen LogP contribution in [0.4, 0.5) is 24.5 Å². The molecule has 1 aromatic carbocycles. The topological polar surface area (TPSA) is 45.2 Å². The summed E-state index contributed by atoms with van der Waals surface area (Å²) in [6.07, 6.45) is -0.0389. The summed E-state index contributed by atoms with van der Waals surface area (Å²) < 4.78 is 38.9. The van der Waals surface area contributed by atoms with Crippen molar-refractivity contribution in [3.8, 4) is 0 Å². The summed E-state index contributed by atoms with van der Waals surface area (Å²) in [5.41, 5.74) is 0.0600. The number of carbonyl (C=O) groups excluding carboxylic acids is 1. The first-order valence-corrected chi connectivity index (χ1v) is 8.61. The number of piperidine rings is 1. The second-order valence-corrected chi connectivity index (χ2v) is 6.51. The molecule has 1 N–H and O–H groups in total. The predicted octanol–water partition coefficient (Wildman–Crippen LogP) is 5.12. The van der Waals surface area contributed by atoms with Crippen LogP contribution in [0.15, 0.2) is 36.5 Å². The standard InChI is InChI=1S/C18H17ClF3N3O/c19-15-5-4-12(10-14(15)18(20,21)22)24-13-6-7-23-16(11-13)17(26)25-8-2-1-3-9-25/h4-7,10-11H,1-3,8-9H2,(H,23,24). The number of nitrogens with one attached hydrogen (secondary N) is 1. The summed E-state index contributed by atoms with van der Waals surface area (Å²) in [5, 5.41) is 2.51. The molecule has 1 aliphatic rings. The minimum absolute atomic E-state index is 0.166. The average molecular weight is 384 g/mol. The first kappa shape index (κ1) is 18.5. The van der Waals surface area contributed by atoms with Gasteiger partial charge in [-0.3, -0.25) is 9.78 Å². The quantitative estimate of drug-likeness (QED) is 0.799. The number of amides is 1. The summed E-state index contributed by atoms with van der Waals surface area (Å²) >= 11 is 5.63. The van der Waals surface area contributed by atoms with Crippen molar-refractivity contribution >= 4 is 28.9 Å². The third kappa shape index (κ3) is 4.27. The van der Waals surface area contributed by atoms with E-state index in [0.717, 1.165) is 25.3 Å². The van der Waals surface area contributed by atoms with Gasteiger partial charge in [-0.05, 0) is 49.6 Å². The molecular weight excluding hydrogens is 367 g/mol. The molecule has 2 aromatic rings. The van der Waals surface area contributed by atoms with Crippen LogP contribution < -0.4 is 5.32 Å². The minimum Gasteiger partial charge on any atom is -0.355 e. The Hall–Kier alpha value is -2.28. The van der Waals surface area contributed by atoms with Gasteiger partial charge in [-0.2, -0.15) is 13.2 Å². The van der Waals surface area contributed by atoms with Gasteiger partial charge < -0.3 is 10.2 Å². The van der Waals surface area contributed by atoms with E-state index in [0.29, 0.717) is 18.8 Å². The fraction of sp³-hybridized carbons (Fsp3) is 0.333. The van der Waals surface area contributed by atoms with Gasteiger partial charge in [0.25, 0.3) is 5.91 Å². The molecule has 0 radical (unpaired) electrons. The smallest absolute Gasteiger partial charge is 0.355 e. The molecule has 0 spiro atoms. The van der Waals surface area contributed by atoms with E-state index in [4.69, 9.17) is 11.6 Å². The maximum Gasteiger partial charge on any atom is 0.417 e. The van der Waals surface area contributed by atoms with Gasteiger partial charge in [0.05, 0.1) is 10.6 Å². The van der Waals surface area contributed by atoms with Crippen LogP contribution in [0.2, 0.25) is 5.02 Å². The number of pyridine rings is 1. The van der Waals surface area contributed by atoms with E-state index in [1.807, 2.05) is 0 Å². The van der Waals surface area contributed by atoms with Gasteiger partial charge in [-0.25, -0.2) is 0 Å². The first-order chi connectivity index (χ1) is 12.3. The first-order valence-electron chi connectivity index (χ1n) is 8.24. The number of carbonyl (C=O) groups is 1. The van der Waals surface area contributed by atoms with Crippen LogP contribution in [0.1, 0.15) is 35.3 Å². The third-order valence-electron chi connectivity index (χ3n) is 4.18. The maximum atomic E-state index is 13.0. The number of hydrogen-bond donors (Lipinski definition) is 1. The van der Waals surface area contributed by atoms with Gasteiger partial charge in [-0.15, -0.1) is 0 Å². The molecular formula is C18H17ClF3N3O. The number of hydrogen-bond acceptors (Lipinski definition) is 3. The molecule has 0 aliphatic carbocycles. The largest absolute Gasteiger partial charge is 0.417 e. The predicted molar refractivity (Wildman–Crippen MR) is 93.7 cm³/mol. The molecule has 1 fully saturated rings. The van der Waals surface area contributed by atoms with Crippen molar-refractivity contribution in [2.45, 2.75) is 25.4 Å². The summed E-state index contributed by atoms with van der Waals surface area (Å²) in [6.45, 7) is 1.40. The molecule has 1 aliphatic heterocycles. The fourth-order valence-electron chi connectivity index (χ4n) is 2.87. The molecule has 1 saturated heterocycles. The summed E-state index contributed by atoms with van der Waals surface area (Å²) in [5.74, 6) is -0.166. The van der Waals surface area contributed by atoms with Crippen molar-refractivity contribution in [1.29, 1.82) is 0 Å². The fourth-order valence-corrected chi connectivity index (χ4v) is 3.10. The van der Waals surface area contributed by atoms with Crippen molar-refractivity contribution in [3.05, 3.63) is 52.8 Å². The van der Waals surface area contributed by atoms with Crippen LogP contribution in [0.5, 0.6) is 0 Å². The minimum atomic E-state index is -4.54. The Kier molecular flexibility index (Phi) is 5.36. The lowest BCUT2D eigenvalue weighted by atomic mass is 10.1. The number of rotatable bonds is 3. The van der Waals surface area contributed by atoms with E-state index < -0.39 is 11.7 Å². The molecule has 1 amide bonds. The zero-order valence-corrected chi connectivity index (χ0v) is 14.6. The van der Waals surface area contributed by atoms with Gasteiger partial charge in [0.1, 0.15) is 5.69 Å². The zero-order valence-electron chi connectivity index (χ0n) is 13.8. The molecule has 0 bridgehead atoms. The van der Waals surface area contributed by atoms with E-state index in [9.17, 15) is 18.0 Å². The van der Waals surface area contributed by atoms with E-state index >= 15 is 0 Å². The van der Waals surface area contributed by atoms with Crippen molar-refractivity contribution in [1.82, 2.24) is 9.88 Å².